The number of para-hydroxylation sites is 1. The van der Waals surface area contributed by atoms with Crippen LogP contribution in [0.25, 0.3) is 39.3 Å². The molecule has 0 saturated heterocycles. The Kier molecular flexibility index (Phi) is 5.49. The Morgan fingerprint density at radius 1 is 0.394 bits per heavy atom. The minimum atomic E-state index is -0.321. The second-order valence-electron chi connectivity index (χ2n) is 7.71. The van der Waals surface area contributed by atoms with Crippen LogP contribution in [0, 0.1) is 17.5 Å². The van der Waals surface area contributed by atoms with Crippen molar-refractivity contribution in [3.05, 3.63) is 133 Å². The molecule has 5 aromatic rings. The van der Waals surface area contributed by atoms with Gasteiger partial charge < -0.3 is 0 Å². The number of aromatic nitrogens is 1. The number of pyridine rings is 1. The fourth-order valence-corrected chi connectivity index (χ4v) is 3.93. The Balaban J connectivity index is 1.85. The number of benzene rings is 4. The lowest BCUT2D eigenvalue weighted by Gasteiger charge is -2.12. The van der Waals surface area contributed by atoms with Crippen LogP contribution in [-0.2, 0) is 0 Å². The smallest absolute Gasteiger partial charge is 0.207 e. The molecule has 0 N–H and O–H groups in total. The molecule has 0 aliphatic heterocycles. The van der Waals surface area contributed by atoms with Crippen molar-refractivity contribution in [1.82, 2.24) is 0 Å². The summed E-state index contributed by atoms with van der Waals surface area (Å²) in [6.45, 7) is 0. The average Bonchev–Trinajstić information content (AvgIpc) is 2.85. The van der Waals surface area contributed by atoms with Crippen LogP contribution in [-0.4, -0.2) is 0 Å². The number of halogens is 3. The highest BCUT2D eigenvalue weighted by atomic mass is 19.1. The first-order valence-corrected chi connectivity index (χ1v) is 10.5. The van der Waals surface area contributed by atoms with E-state index in [4.69, 9.17) is 0 Å². The molecule has 0 spiro atoms. The zero-order valence-corrected chi connectivity index (χ0v) is 17.6. The van der Waals surface area contributed by atoms with Gasteiger partial charge in [-0.1, -0.05) is 30.3 Å². The summed E-state index contributed by atoms with van der Waals surface area (Å²) in [6, 6.07) is 32.7. The van der Waals surface area contributed by atoms with Crippen LogP contribution in [0.4, 0.5) is 13.2 Å². The highest BCUT2D eigenvalue weighted by molar-refractivity contribution is 5.74. The van der Waals surface area contributed by atoms with Crippen LogP contribution in [0.3, 0.4) is 0 Å². The minimum Gasteiger partial charge on any atom is -0.207 e. The molecule has 0 radical (unpaired) electrons. The molecule has 0 atom stereocenters. The maximum Gasteiger partial charge on any atom is 0.219 e. The van der Waals surface area contributed by atoms with Gasteiger partial charge in [0.15, 0.2) is 0 Å². The number of hydrogen-bond acceptors (Lipinski definition) is 0. The van der Waals surface area contributed by atoms with E-state index in [9.17, 15) is 13.2 Å². The topological polar surface area (TPSA) is 3.88 Å². The molecule has 0 amide bonds. The van der Waals surface area contributed by atoms with Gasteiger partial charge in [0.1, 0.15) is 17.5 Å². The first kappa shape index (κ1) is 20.7. The van der Waals surface area contributed by atoms with E-state index >= 15 is 0 Å². The molecule has 4 aromatic carbocycles. The zero-order chi connectivity index (χ0) is 22.8. The molecule has 0 fully saturated rings. The van der Waals surface area contributed by atoms with Gasteiger partial charge in [-0.15, -0.1) is 0 Å². The van der Waals surface area contributed by atoms with E-state index in [1.54, 1.807) is 36.4 Å². The van der Waals surface area contributed by atoms with Gasteiger partial charge in [0.2, 0.25) is 17.1 Å². The summed E-state index contributed by atoms with van der Waals surface area (Å²) in [4.78, 5) is 0. The quantitative estimate of drug-likeness (QED) is 0.258. The standard InChI is InChI=1S/C29H19F3N/c30-24-12-6-20(7-13-24)23-18-28(21-8-14-25(31)15-9-21)33(27-4-2-1-3-5-27)29(19-23)22-10-16-26(32)17-11-22/h1-19H/q+1. The predicted octanol–water partition coefficient (Wildman–Crippen LogP) is 7.38. The monoisotopic (exact) mass is 438 g/mol. The van der Waals surface area contributed by atoms with E-state index in [-0.39, 0.29) is 17.5 Å². The first-order valence-electron chi connectivity index (χ1n) is 10.5. The van der Waals surface area contributed by atoms with Gasteiger partial charge in [-0.05, 0) is 71.8 Å². The lowest BCUT2D eigenvalue weighted by molar-refractivity contribution is -0.572. The Morgan fingerprint density at radius 3 is 1.21 bits per heavy atom. The zero-order valence-electron chi connectivity index (χ0n) is 17.6. The van der Waals surface area contributed by atoms with Crippen LogP contribution in [0.15, 0.2) is 115 Å². The third-order valence-electron chi connectivity index (χ3n) is 5.54. The summed E-state index contributed by atoms with van der Waals surface area (Å²) in [5.74, 6) is -0.955. The van der Waals surface area contributed by atoms with E-state index in [1.165, 1.54) is 36.4 Å². The molecule has 0 saturated carbocycles. The van der Waals surface area contributed by atoms with Gasteiger partial charge in [0, 0.05) is 35.4 Å². The maximum atomic E-state index is 13.7. The molecular formula is C29H19F3N+. The highest BCUT2D eigenvalue weighted by Crippen LogP contribution is 2.31. The summed E-state index contributed by atoms with van der Waals surface area (Å²) in [5.41, 5.74) is 5.87. The number of nitrogens with zero attached hydrogens (tertiary/aromatic N) is 1. The number of hydrogen-bond donors (Lipinski definition) is 0. The summed E-state index contributed by atoms with van der Waals surface area (Å²) < 4.78 is 43.1. The second-order valence-corrected chi connectivity index (χ2v) is 7.71. The van der Waals surface area contributed by atoms with Gasteiger partial charge in [-0.25, -0.2) is 13.2 Å². The van der Waals surface area contributed by atoms with Crippen molar-refractivity contribution in [2.75, 3.05) is 0 Å². The summed E-state index contributed by atoms with van der Waals surface area (Å²) >= 11 is 0. The van der Waals surface area contributed by atoms with Gasteiger partial charge in [0.05, 0.1) is 0 Å². The third-order valence-corrected chi connectivity index (χ3v) is 5.54. The Morgan fingerprint density at radius 2 is 0.788 bits per heavy atom. The molecule has 4 heteroatoms. The van der Waals surface area contributed by atoms with E-state index in [0.29, 0.717) is 0 Å². The predicted molar refractivity (Wildman–Crippen MR) is 124 cm³/mol. The van der Waals surface area contributed by atoms with Crippen LogP contribution >= 0.6 is 0 Å². The van der Waals surface area contributed by atoms with Crippen molar-refractivity contribution in [2.45, 2.75) is 0 Å². The molecule has 33 heavy (non-hydrogen) atoms. The fraction of sp³-hybridized carbons (Fsp3) is 0. The Hall–Kier alpha value is -4.18. The van der Waals surface area contributed by atoms with Crippen LogP contribution in [0.1, 0.15) is 0 Å². The van der Waals surface area contributed by atoms with Crippen LogP contribution < -0.4 is 4.57 Å². The van der Waals surface area contributed by atoms with E-state index < -0.39 is 0 Å². The molecule has 0 unspecified atom stereocenters. The molecule has 0 bridgehead atoms. The Bertz CT molecular complexity index is 1330. The van der Waals surface area contributed by atoms with E-state index in [1.807, 2.05) is 42.5 Å². The normalized spacial score (nSPS) is 10.9. The second kappa shape index (κ2) is 8.75. The molecule has 0 aliphatic carbocycles. The third kappa shape index (κ3) is 4.28. The number of rotatable bonds is 4. The lowest BCUT2D eigenvalue weighted by Crippen LogP contribution is -2.36. The van der Waals surface area contributed by atoms with Gasteiger partial charge in [-0.2, -0.15) is 4.57 Å². The molecule has 1 nitrogen and oxygen atoms in total. The van der Waals surface area contributed by atoms with Crippen molar-refractivity contribution >= 4 is 0 Å². The average molecular weight is 438 g/mol. The van der Waals surface area contributed by atoms with E-state index in [0.717, 1.165) is 39.3 Å². The van der Waals surface area contributed by atoms with Crippen LogP contribution in [0.5, 0.6) is 0 Å². The largest absolute Gasteiger partial charge is 0.219 e. The summed E-state index contributed by atoms with van der Waals surface area (Å²) in [5, 5.41) is 0. The Labute approximate surface area is 190 Å². The minimum absolute atomic E-state index is 0.313. The van der Waals surface area contributed by atoms with Crippen molar-refractivity contribution in [3.8, 4) is 39.3 Å². The SMILES string of the molecule is Fc1ccc(-c2cc(-c3ccc(F)cc3)[n+](-c3ccccc3)c(-c3ccc(F)cc3)c2)cc1. The molecule has 1 aromatic heterocycles. The van der Waals surface area contributed by atoms with Crippen LogP contribution in [0.2, 0.25) is 0 Å². The summed E-state index contributed by atoms with van der Waals surface area (Å²) in [6.07, 6.45) is 0. The van der Waals surface area contributed by atoms with Crippen molar-refractivity contribution in [3.63, 3.8) is 0 Å². The van der Waals surface area contributed by atoms with Crippen molar-refractivity contribution in [1.29, 1.82) is 0 Å². The molecule has 0 aliphatic rings. The molecular weight excluding hydrogens is 419 g/mol. The van der Waals surface area contributed by atoms with Gasteiger partial charge >= 0.3 is 0 Å². The summed E-state index contributed by atoms with van der Waals surface area (Å²) in [7, 11) is 0. The fourth-order valence-electron chi connectivity index (χ4n) is 3.93. The van der Waals surface area contributed by atoms with E-state index in [2.05, 4.69) is 4.57 Å². The molecule has 5 rings (SSSR count). The van der Waals surface area contributed by atoms with Crippen molar-refractivity contribution in [2.24, 2.45) is 0 Å². The molecule has 1 heterocycles. The first-order chi connectivity index (χ1) is 16.1. The highest BCUT2D eigenvalue weighted by Gasteiger charge is 2.25. The van der Waals surface area contributed by atoms with Crippen molar-refractivity contribution < 1.29 is 17.7 Å². The molecule has 160 valence electrons. The lowest BCUT2D eigenvalue weighted by atomic mass is 9.98. The maximum absolute atomic E-state index is 13.7. The van der Waals surface area contributed by atoms with Gasteiger partial charge in [-0.3, -0.25) is 0 Å². The van der Waals surface area contributed by atoms with Gasteiger partial charge in [0.25, 0.3) is 0 Å².